The van der Waals surface area contributed by atoms with Crippen LogP contribution < -0.4 is 5.73 Å². The van der Waals surface area contributed by atoms with Crippen LogP contribution in [0.4, 0.5) is 0 Å². The van der Waals surface area contributed by atoms with Gasteiger partial charge in [-0.1, -0.05) is 46.3 Å². The molecule has 0 aromatic rings. The smallest absolute Gasteiger partial charge is 0.0759 e. The number of fused-ring (bicyclic) bond motifs is 5. The molecule has 178 valence electrons. The third-order valence-electron chi connectivity index (χ3n) is 11.1. The van der Waals surface area contributed by atoms with Gasteiger partial charge in [0.1, 0.15) is 0 Å². The first-order chi connectivity index (χ1) is 14.7. The molecule has 0 amide bonds. The van der Waals surface area contributed by atoms with E-state index in [1.807, 2.05) is 7.11 Å². The fraction of sp³-hybridized carbons (Fsp3) is 0.929. The Morgan fingerprint density at radius 3 is 2.52 bits per heavy atom. The van der Waals surface area contributed by atoms with Crippen LogP contribution in [0.3, 0.4) is 0 Å². The van der Waals surface area contributed by atoms with Crippen molar-refractivity contribution in [1.29, 1.82) is 0 Å². The van der Waals surface area contributed by atoms with Crippen molar-refractivity contribution in [3.05, 3.63) is 12.2 Å². The summed E-state index contributed by atoms with van der Waals surface area (Å²) in [5.74, 6) is 3.87. The van der Waals surface area contributed by atoms with Gasteiger partial charge in [0.25, 0.3) is 0 Å². The molecule has 4 fully saturated rings. The second-order valence-corrected chi connectivity index (χ2v) is 12.4. The minimum atomic E-state index is -0.180. The predicted molar refractivity (Wildman–Crippen MR) is 129 cm³/mol. The highest BCUT2D eigenvalue weighted by atomic mass is 16.5. The number of methoxy groups -OCH3 is 1. The molecule has 0 heterocycles. The van der Waals surface area contributed by atoms with Gasteiger partial charge in [-0.2, -0.15) is 0 Å². The Labute approximate surface area is 191 Å². The van der Waals surface area contributed by atoms with Gasteiger partial charge >= 0.3 is 0 Å². The summed E-state index contributed by atoms with van der Waals surface area (Å²) in [4.78, 5) is 0. The highest BCUT2D eigenvalue weighted by Crippen LogP contribution is 2.69. The van der Waals surface area contributed by atoms with E-state index in [1.54, 1.807) is 0 Å². The molecule has 0 radical (unpaired) electrons. The van der Waals surface area contributed by atoms with Crippen LogP contribution in [0.15, 0.2) is 12.2 Å². The van der Waals surface area contributed by atoms with E-state index in [-0.39, 0.29) is 23.2 Å². The molecule has 0 aromatic carbocycles. The minimum absolute atomic E-state index is 0.108. The molecule has 31 heavy (non-hydrogen) atoms. The molecule has 0 spiro atoms. The van der Waals surface area contributed by atoms with Gasteiger partial charge in [0.2, 0.25) is 0 Å². The lowest BCUT2D eigenvalue weighted by Gasteiger charge is -2.65. The molecule has 0 aromatic heterocycles. The lowest BCUT2D eigenvalue weighted by molar-refractivity contribution is -0.232. The third kappa shape index (κ3) is 3.75. The highest BCUT2D eigenvalue weighted by molar-refractivity contribution is 5.15. The van der Waals surface area contributed by atoms with Gasteiger partial charge in [0.15, 0.2) is 0 Å². The van der Waals surface area contributed by atoms with Crippen molar-refractivity contribution in [3.8, 4) is 0 Å². The number of hydrogen-bond acceptors (Lipinski definition) is 3. The molecule has 1 unspecified atom stereocenters. The van der Waals surface area contributed by atoms with Gasteiger partial charge in [-0.25, -0.2) is 0 Å². The Morgan fingerprint density at radius 2 is 1.81 bits per heavy atom. The summed E-state index contributed by atoms with van der Waals surface area (Å²) in [6.07, 6.45) is 17.6. The largest absolute Gasteiger partial charge is 0.393 e. The minimum Gasteiger partial charge on any atom is -0.393 e. The van der Waals surface area contributed by atoms with Crippen LogP contribution in [0.5, 0.6) is 0 Å². The molecule has 4 rings (SSSR count). The number of nitrogens with two attached hydrogens (primary N) is 1. The number of hydrogen-bond donors (Lipinski definition) is 2. The van der Waals surface area contributed by atoms with E-state index in [9.17, 15) is 5.11 Å². The van der Waals surface area contributed by atoms with Crippen LogP contribution in [-0.2, 0) is 4.74 Å². The summed E-state index contributed by atoms with van der Waals surface area (Å²) in [5, 5.41) is 10.5. The van der Waals surface area contributed by atoms with E-state index in [1.165, 1.54) is 32.1 Å². The molecule has 0 aliphatic heterocycles. The normalized spacial score (nSPS) is 49.3. The van der Waals surface area contributed by atoms with Crippen molar-refractivity contribution in [2.24, 2.45) is 46.2 Å². The lowest BCUT2D eigenvalue weighted by Crippen LogP contribution is -2.63. The molecular formula is C28H49NO2. The summed E-state index contributed by atoms with van der Waals surface area (Å²) < 4.78 is 6.29. The van der Waals surface area contributed by atoms with Gasteiger partial charge in [0, 0.05) is 19.6 Å². The summed E-state index contributed by atoms with van der Waals surface area (Å²) >= 11 is 0. The lowest BCUT2D eigenvalue weighted by atomic mass is 9.43. The molecule has 0 bridgehead atoms. The zero-order valence-corrected chi connectivity index (χ0v) is 20.9. The summed E-state index contributed by atoms with van der Waals surface area (Å²) in [6, 6.07) is 0.218. The van der Waals surface area contributed by atoms with Crippen LogP contribution in [0.1, 0.15) is 98.3 Å². The Balaban J connectivity index is 1.53. The van der Waals surface area contributed by atoms with Crippen molar-refractivity contribution in [2.75, 3.05) is 7.11 Å². The van der Waals surface area contributed by atoms with E-state index in [0.29, 0.717) is 11.3 Å². The van der Waals surface area contributed by atoms with Gasteiger partial charge in [0.05, 0.1) is 11.7 Å². The fourth-order valence-electron chi connectivity index (χ4n) is 9.41. The van der Waals surface area contributed by atoms with E-state index in [2.05, 4.69) is 39.8 Å². The van der Waals surface area contributed by atoms with Gasteiger partial charge in [-0.05, 0) is 98.2 Å². The van der Waals surface area contributed by atoms with Crippen LogP contribution in [0.25, 0.3) is 0 Å². The number of aliphatic hydroxyl groups excluding tert-OH is 1. The fourth-order valence-corrected chi connectivity index (χ4v) is 9.41. The first-order valence-corrected chi connectivity index (χ1v) is 13.4. The van der Waals surface area contributed by atoms with Crippen LogP contribution >= 0.6 is 0 Å². The molecule has 4 aliphatic carbocycles. The maximum absolute atomic E-state index is 10.5. The molecule has 3 heteroatoms. The molecule has 4 saturated carbocycles. The topological polar surface area (TPSA) is 55.5 Å². The summed E-state index contributed by atoms with van der Waals surface area (Å²) in [6.45, 7) is 9.82. The van der Waals surface area contributed by atoms with Crippen molar-refractivity contribution < 1.29 is 9.84 Å². The second-order valence-electron chi connectivity index (χ2n) is 12.4. The molecule has 10 atom stereocenters. The maximum atomic E-state index is 10.5. The predicted octanol–water partition coefficient (Wildman–Crippen LogP) is 6.09. The Bertz CT molecular complexity index is 663. The van der Waals surface area contributed by atoms with E-state index < -0.39 is 0 Å². The van der Waals surface area contributed by atoms with Gasteiger partial charge < -0.3 is 15.6 Å². The van der Waals surface area contributed by atoms with Gasteiger partial charge in [-0.15, -0.1) is 0 Å². The van der Waals surface area contributed by atoms with Crippen molar-refractivity contribution in [3.63, 3.8) is 0 Å². The van der Waals surface area contributed by atoms with Crippen molar-refractivity contribution >= 4 is 0 Å². The molecule has 4 aliphatic rings. The zero-order valence-electron chi connectivity index (χ0n) is 20.9. The first kappa shape index (κ1) is 23.8. The maximum Gasteiger partial charge on any atom is 0.0759 e. The SMILES string of the molecule is CCC[C@@H](N)/C=C/[C@@H](C)[C@H]1CC[C@H]2C3CC[C@@]4(OC)C[C@@H](O)CC[C@]4(C)[C@H]3CC[C@]12C. The average molecular weight is 432 g/mol. The number of allylic oxidation sites excluding steroid dienone is 1. The molecule has 3 N–H and O–H groups in total. The molecule has 0 saturated heterocycles. The van der Waals surface area contributed by atoms with Crippen LogP contribution in [-0.4, -0.2) is 30.0 Å². The number of aliphatic hydroxyl groups is 1. The van der Waals surface area contributed by atoms with E-state index >= 15 is 0 Å². The summed E-state index contributed by atoms with van der Waals surface area (Å²) in [5.41, 5.74) is 6.86. The highest BCUT2D eigenvalue weighted by Gasteiger charge is 2.65. The Kier molecular flexibility index (Phi) is 6.72. The summed E-state index contributed by atoms with van der Waals surface area (Å²) in [7, 11) is 1.91. The number of rotatable bonds is 6. The second kappa shape index (κ2) is 8.76. The average Bonchev–Trinajstić information content (AvgIpc) is 3.10. The van der Waals surface area contributed by atoms with E-state index in [0.717, 1.165) is 62.2 Å². The zero-order chi connectivity index (χ0) is 22.4. The van der Waals surface area contributed by atoms with Crippen molar-refractivity contribution in [1.82, 2.24) is 0 Å². The Morgan fingerprint density at radius 1 is 1.03 bits per heavy atom. The number of ether oxygens (including phenoxy) is 1. The quantitative estimate of drug-likeness (QED) is 0.500. The monoisotopic (exact) mass is 431 g/mol. The van der Waals surface area contributed by atoms with Crippen molar-refractivity contribution in [2.45, 2.75) is 116 Å². The first-order valence-electron chi connectivity index (χ1n) is 13.4. The van der Waals surface area contributed by atoms with E-state index in [4.69, 9.17) is 10.5 Å². The standard InChI is InChI=1S/C28H49NO2/c1-6-7-20(29)9-8-19(2)23-10-11-24-22-13-17-28(31-5)18-21(30)12-16-27(28,4)25(22)14-15-26(23,24)3/h8-9,19-25,30H,6-7,10-18,29H2,1-5H3/b9-8+/t19-,20-,21+,22?,23-,24+,25+,26-,27-,28-/m1/s1. The molecular weight excluding hydrogens is 382 g/mol. The molecule has 3 nitrogen and oxygen atoms in total. The van der Waals surface area contributed by atoms with Crippen LogP contribution in [0.2, 0.25) is 0 Å². The van der Waals surface area contributed by atoms with Crippen LogP contribution in [0, 0.1) is 40.4 Å². The third-order valence-corrected chi connectivity index (χ3v) is 11.1. The van der Waals surface area contributed by atoms with Gasteiger partial charge in [-0.3, -0.25) is 0 Å². The Hall–Kier alpha value is -0.380.